The topological polar surface area (TPSA) is 70.4 Å². The average molecular weight is 539 g/mol. The Morgan fingerprint density at radius 1 is 0.950 bits per heavy atom. The Kier molecular flexibility index (Phi) is 8.79. The highest BCUT2D eigenvalue weighted by molar-refractivity contribution is 5.94. The van der Waals surface area contributed by atoms with Crippen LogP contribution in [0.25, 0.3) is 11.1 Å². The molecule has 4 aromatic rings. The van der Waals surface area contributed by atoms with Crippen LogP contribution in [0, 0.1) is 13.8 Å². The number of carbonyl (C=O) groups excluding carboxylic acids is 1. The molecule has 0 aliphatic carbocycles. The van der Waals surface area contributed by atoms with Gasteiger partial charge in [-0.25, -0.2) is 0 Å². The zero-order chi connectivity index (χ0) is 29.0. The van der Waals surface area contributed by atoms with E-state index in [9.17, 15) is 9.90 Å². The van der Waals surface area contributed by atoms with Gasteiger partial charge in [0.25, 0.3) is 5.91 Å². The van der Waals surface area contributed by atoms with Gasteiger partial charge in [0.15, 0.2) is 0 Å². The van der Waals surface area contributed by atoms with Crippen LogP contribution in [0.4, 0.5) is 0 Å². The number of rotatable bonds is 9. The largest absolute Gasteiger partial charge is 0.508 e. The molecule has 1 atom stereocenters. The molecule has 40 heavy (non-hydrogen) atoms. The van der Waals surface area contributed by atoms with Crippen molar-refractivity contribution >= 4 is 5.91 Å². The molecule has 0 bridgehead atoms. The fourth-order valence-corrected chi connectivity index (χ4v) is 5.25. The van der Waals surface area contributed by atoms with E-state index in [1.165, 1.54) is 5.56 Å². The first kappa shape index (κ1) is 29.1. The fourth-order valence-electron chi connectivity index (χ4n) is 5.25. The molecule has 1 amide bonds. The highest BCUT2D eigenvalue weighted by Gasteiger charge is 2.25. The summed E-state index contributed by atoms with van der Waals surface area (Å²) < 4.78 is 2.05. The van der Waals surface area contributed by atoms with E-state index in [4.69, 9.17) is 5.10 Å². The number of nitrogens with zero attached hydrogens (tertiary/aromatic N) is 3. The van der Waals surface area contributed by atoms with E-state index >= 15 is 0 Å². The van der Waals surface area contributed by atoms with Gasteiger partial charge in [-0.15, -0.1) is 0 Å². The van der Waals surface area contributed by atoms with Gasteiger partial charge in [0.05, 0.1) is 5.69 Å². The summed E-state index contributed by atoms with van der Waals surface area (Å²) in [5.74, 6) is 0.232. The zero-order valence-electron chi connectivity index (χ0n) is 24.8. The molecule has 0 radical (unpaired) electrons. The van der Waals surface area contributed by atoms with Crippen LogP contribution in [-0.2, 0) is 6.54 Å². The zero-order valence-corrected chi connectivity index (χ0v) is 24.8. The van der Waals surface area contributed by atoms with Crippen LogP contribution < -0.4 is 5.32 Å². The summed E-state index contributed by atoms with van der Waals surface area (Å²) in [7, 11) is 0. The van der Waals surface area contributed by atoms with Crippen LogP contribution >= 0.6 is 0 Å². The lowest BCUT2D eigenvalue weighted by Gasteiger charge is -2.23. The molecule has 210 valence electrons. The van der Waals surface area contributed by atoms with Crippen molar-refractivity contribution in [3.8, 4) is 16.9 Å². The molecule has 0 saturated heterocycles. The van der Waals surface area contributed by atoms with E-state index < -0.39 is 0 Å². The van der Waals surface area contributed by atoms with Crippen molar-refractivity contribution in [1.29, 1.82) is 0 Å². The van der Waals surface area contributed by atoms with Crippen LogP contribution in [0.5, 0.6) is 5.75 Å². The Bertz CT molecular complexity index is 1460. The van der Waals surface area contributed by atoms with Crippen LogP contribution in [0.15, 0.2) is 72.8 Å². The first-order chi connectivity index (χ1) is 19.0. The number of amides is 1. The number of phenolic OH excluding ortho intramolecular Hbond substituents is 1. The van der Waals surface area contributed by atoms with Gasteiger partial charge in [-0.3, -0.25) is 9.48 Å². The summed E-state index contributed by atoms with van der Waals surface area (Å²) in [6.45, 7) is 16.8. The maximum Gasteiger partial charge on any atom is 0.253 e. The van der Waals surface area contributed by atoms with E-state index in [1.54, 1.807) is 12.1 Å². The molecule has 0 fully saturated rings. The fraction of sp³-hybridized carbons (Fsp3) is 0.353. The highest BCUT2D eigenvalue weighted by Crippen LogP contribution is 2.36. The maximum atomic E-state index is 12.9. The molecule has 1 unspecified atom stereocenters. The minimum absolute atomic E-state index is 0.000618. The number of aryl methyl sites for hydroxylation is 1. The molecule has 0 aliphatic rings. The number of aromatic nitrogens is 2. The van der Waals surface area contributed by atoms with Crippen molar-refractivity contribution in [3.63, 3.8) is 0 Å². The number of hydrogen-bond donors (Lipinski definition) is 2. The summed E-state index contributed by atoms with van der Waals surface area (Å²) in [6.07, 6.45) is 0. The Morgan fingerprint density at radius 3 is 2.25 bits per heavy atom. The third kappa shape index (κ3) is 6.28. The number of benzene rings is 3. The standard InChI is InChI=1S/C34H42N4O2/c1-8-37(9-2)33(40)26-19-17-25(18-20-26)32(27-14-12-15-29(39)21-27)38-24(4)31(23(3)36-38)30-16-11-10-13-28(30)22-35-34(5,6)7/h10-21,32,35,39H,8-9,22H2,1-7H3. The van der Waals surface area contributed by atoms with Crippen molar-refractivity contribution in [2.45, 2.75) is 66.6 Å². The summed E-state index contributed by atoms with van der Waals surface area (Å²) in [6, 6.07) is 23.3. The third-order valence-corrected chi connectivity index (χ3v) is 7.38. The minimum atomic E-state index is -0.281. The Balaban J connectivity index is 1.82. The van der Waals surface area contributed by atoms with Gasteiger partial charge in [0, 0.05) is 42.0 Å². The molecule has 6 heteroatoms. The summed E-state index contributed by atoms with van der Waals surface area (Å²) in [4.78, 5) is 14.8. The minimum Gasteiger partial charge on any atom is -0.508 e. The molecular formula is C34H42N4O2. The monoisotopic (exact) mass is 538 g/mol. The second-order valence-corrected chi connectivity index (χ2v) is 11.3. The van der Waals surface area contributed by atoms with Crippen LogP contribution in [0.2, 0.25) is 0 Å². The third-order valence-electron chi connectivity index (χ3n) is 7.38. The van der Waals surface area contributed by atoms with Gasteiger partial charge in [0.2, 0.25) is 0 Å². The number of aromatic hydroxyl groups is 1. The lowest BCUT2D eigenvalue weighted by Crippen LogP contribution is -2.35. The quantitative estimate of drug-likeness (QED) is 0.244. The molecule has 0 spiro atoms. The molecule has 1 aromatic heterocycles. The highest BCUT2D eigenvalue weighted by atomic mass is 16.3. The normalized spacial score (nSPS) is 12.4. The Hall–Kier alpha value is -3.90. The van der Waals surface area contributed by atoms with Crippen molar-refractivity contribution in [2.75, 3.05) is 13.1 Å². The Morgan fingerprint density at radius 2 is 1.62 bits per heavy atom. The number of hydrogen-bond acceptors (Lipinski definition) is 4. The predicted octanol–water partition coefficient (Wildman–Crippen LogP) is 6.88. The van der Waals surface area contributed by atoms with E-state index in [2.05, 4.69) is 68.9 Å². The second-order valence-electron chi connectivity index (χ2n) is 11.3. The van der Waals surface area contributed by atoms with Crippen molar-refractivity contribution in [1.82, 2.24) is 20.0 Å². The first-order valence-corrected chi connectivity index (χ1v) is 14.1. The van der Waals surface area contributed by atoms with Crippen molar-refractivity contribution < 1.29 is 9.90 Å². The van der Waals surface area contributed by atoms with E-state index in [0.717, 1.165) is 40.2 Å². The van der Waals surface area contributed by atoms with Crippen LogP contribution in [0.3, 0.4) is 0 Å². The van der Waals surface area contributed by atoms with Gasteiger partial charge in [-0.2, -0.15) is 5.10 Å². The molecular weight excluding hydrogens is 496 g/mol. The van der Waals surface area contributed by atoms with Crippen LogP contribution in [-0.4, -0.2) is 44.3 Å². The lowest BCUT2D eigenvalue weighted by atomic mass is 9.95. The summed E-state index contributed by atoms with van der Waals surface area (Å²) >= 11 is 0. The molecule has 1 heterocycles. The molecule has 6 nitrogen and oxygen atoms in total. The number of nitrogens with one attached hydrogen (secondary N) is 1. The smallest absolute Gasteiger partial charge is 0.253 e. The SMILES string of the molecule is CCN(CC)C(=O)c1ccc(C(c2cccc(O)c2)n2nc(C)c(-c3ccccc3CNC(C)(C)C)c2C)cc1. The predicted molar refractivity (Wildman–Crippen MR) is 163 cm³/mol. The first-order valence-electron chi connectivity index (χ1n) is 14.1. The van der Waals surface area contributed by atoms with Crippen LogP contribution in [0.1, 0.15) is 79.1 Å². The van der Waals surface area contributed by atoms with Gasteiger partial charge in [-0.1, -0.05) is 48.5 Å². The van der Waals surface area contributed by atoms with Gasteiger partial charge in [-0.05, 0) is 95.0 Å². The van der Waals surface area contributed by atoms with Gasteiger partial charge < -0.3 is 15.3 Å². The average Bonchev–Trinajstić information content (AvgIpc) is 3.21. The summed E-state index contributed by atoms with van der Waals surface area (Å²) in [5, 5.41) is 19.1. The van der Waals surface area contributed by atoms with E-state index in [1.807, 2.05) is 55.1 Å². The lowest BCUT2D eigenvalue weighted by molar-refractivity contribution is 0.0773. The van der Waals surface area contributed by atoms with Gasteiger partial charge >= 0.3 is 0 Å². The Labute approximate surface area is 238 Å². The van der Waals surface area contributed by atoms with E-state index in [0.29, 0.717) is 18.7 Å². The molecule has 4 rings (SSSR count). The molecule has 0 aliphatic heterocycles. The molecule has 2 N–H and O–H groups in total. The van der Waals surface area contributed by atoms with Crippen molar-refractivity contribution in [2.24, 2.45) is 0 Å². The maximum absolute atomic E-state index is 12.9. The second kappa shape index (κ2) is 12.1. The molecule has 0 saturated carbocycles. The summed E-state index contributed by atoms with van der Waals surface area (Å²) in [5.41, 5.74) is 8.05. The number of carbonyl (C=O) groups is 1. The molecule has 3 aromatic carbocycles. The van der Waals surface area contributed by atoms with Crippen molar-refractivity contribution in [3.05, 3.63) is 106 Å². The number of phenols is 1. The van der Waals surface area contributed by atoms with E-state index in [-0.39, 0.29) is 23.2 Å². The van der Waals surface area contributed by atoms with Gasteiger partial charge in [0.1, 0.15) is 11.8 Å².